The molecule has 7 heteroatoms. The van der Waals surface area contributed by atoms with E-state index < -0.39 is 5.91 Å². The molecule has 0 fully saturated rings. The standard InChI is InChI=1S/C27H29N5O2/c28-26(33)19-4-7-25-23(16-19)21(17-30-25)3-1-2-12-32-13-9-22(10-14-32)31-27(34)20-5-6-24-18(15-20)8-11-29-24/h4-9,11,15-17,29-30H,1-3,10,12-14H2,(H2,28,33)(H,31,34). The van der Waals surface area contributed by atoms with E-state index in [1.165, 1.54) is 5.56 Å². The van der Waals surface area contributed by atoms with Gasteiger partial charge in [-0.15, -0.1) is 0 Å². The highest BCUT2D eigenvalue weighted by Gasteiger charge is 2.15. The van der Waals surface area contributed by atoms with Crippen LogP contribution in [-0.2, 0) is 6.42 Å². The van der Waals surface area contributed by atoms with Crippen molar-refractivity contribution in [1.29, 1.82) is 0 Å². The molecular weight excluding hydrogens is 426 g/mol. The highest BCUT2D eigenvalue weighted by molar-refractivity contribution is 5.99. The maximum Gasteiger partial charge on any atom is 0.255 e. The predicted octanol–water partition coefficient (Wildman–Crippen LogP) is 4.09. The number of carbonyl (C=O) groups is 2. The summed E-state index contributed by atoms with van der Waals surface area (Å²) in [7, 11) is 0. The highest BCUT2D eigenvalue weighted by atomic mass is 16.2. The van der Waals surface area contributed by atoms with E-state index in [2.05, 4.69) is 26.3 Å². The monoisotopic (exact) mass is 455 g/mol. The van der Waals surface area contributed by atoms with E-state index in [1.54, 1.807) is 6.07 Å². The number of amides is 2. The van der Waals surface area contributed by atoms with Gasteiger partial charge in [-0.05, 0) is 73.8 Å². The lowest BCUT2D eigenvalue weighted by Crippen LogP contribution is -2.34. The molecule has 2 aromatic heterocycles. The number of nitrogens with zero attached hydrogens (tertiary/aromatic N) is 1. The molecule has 0 radical (unpaired) electrons. The maximum atomic E-state index is 12.6. The van der Waals surface area contributed by atoms with Crippen LogP contribution in [0.1, 0.15) is 45.5 Å². The van der Waals surface area contributed by atoms with Crippen molar-refractivity contribution in [2.45, 2.75) is 25.7 Å². The summed E-state index contributed by atoms with van der Waals surface area (Å²) in [6.07, 6.45) is 10.00. The van der Waals surface area contributed by atoms with Crippen LogP contribution >= 0.6 is 0 Å². The molecule has 5 N–H and O–H groups in total. The summed E-state index contributed by atoms with van der Waals surface area (Å²) in [4.78, 5) is 33.0. The molecule has 1 aliphatic heterocycles. The van der Waals surface area contributed by atoms with Crippen LogP contribution in [0.4, 0.5) is 0 Å². The summed E-state index contributed by atoms with van der Waals surface area (Å²) >= 11 is 0. The number of fused-ring (bicyclic) bond motifs is 2. The molecule has 0 unspecified atom stereocenters. The number of rotatable bonds is 8. The topological polar surface area (TPSA) is 107 Å². The Morgan fingerprint density at radius 2 is 1.85 bits per heavy atom. The fourth-order valence-electron chi connectivity index (χ4n) is 4.63. The van der Waals surface area contributed by atoms with Gasteiger partial charge < -0.3 is 21.0 Å². The number of H-pyrrole nitrogens is 2. The maximum absolute atomic E-state index is 12.6. The average Bonchev–Trinajstić information content (AvgIpc) is 3.48. The van der Waals surface area contributed by atoms with Crippen molar-refractivity contribution in [3.05, 3.63) is 83.3 Å². The first-order valence-corrected chi connectivity index (χ1v) is 11.8. The molecule has 0 spiro atoms. The molecule has 4 aromatic rings. The van der Waals surface area contributed by atoms with E-state index in [4.69, 9.17) is 5.73 Å². The molecule has 0 bridgehead atoms. The minimum atomic E-state index is -0.399. The number of carbonyl (C=O) groups excluding carboxylic acids is 2. The van der Waals surface area contributed by atoms with E-state index in [0.29, 0.717) is 11.1 Å². The lowest BCUT2D eigenvalue weighted by Gasteiger charge is -2.26. The van der Waals surface area contributed by atoms with Gasteiger partial charge in [-0.1, -0.05) is 6.08 Å². The number of benzene rings is 2. The van der Waals surface area contributed by atoms with E-state index in [-0.39, 0.29) is 5.91 Å². The number of aromatic nitrogens is 2. The normalized spacial score (nSPS) is 14.4. The predicted molar refractivity (Wildman–Crippen MR) is 135 cm³/mol. The fourth-order valence-corrected chi connectivity index (χ4v) is 4.63. The zero-order valence-electron chi connectivity index (χ0n) is 19.1. The molecule has 34 heavy (non-hydrogen) atoms. The van der Waals surface area contributed by atoms with Crippen LogP contribution in [0.25, 0.3) is 21.8 Å². The molecule has 0 atom stereocenters. The fraction of sp³-hybridized carbons (Fsp3) is 0.259. The Morgan fingerprint density at radius 3 is 2.68 bits per heavy atom. The summed E-state index contributed by atoms with van der Waals surface area (Å²) in [6.45, 7) is 2.82. The van der Waals surface area contributed by atoms with Gasteiger partial charge in [0.25, 0.3) is 5.91 Å². The summed E-state index contributed by atoms with van der Waals surface area (Å²) in [5.41, 5.74) is 10.9. The van der Waals surface area contributed by atoms with Gasteiger partial charge in [0.1, 0.15) is 0 Å². The largest absolute Gasteiger partial charge is 0.366 e. The van der Waals surface area contributed by atoms with Crippen molar-refractivity contribution in [1.82, 2.24) is 20.2 Å². The van der Waals surface area contributed by atoms with Crippen molar-refractivity contribution in [3.63, 3.8) is 0 Å². The molecule has 7 nitrogen and oxygen atoms in total. The molecule has 1 aliphatic rings. The van der Waals surface area contributed by atoms with E-state index in [1.807, 2.05) is 48.8 Å². The minimum absolute atomic E-state index is 0.0546. The first-order chi connectivity index (χ1) is 16.6. The lowest BCUT2D eigenvalue weighted by atomic mass is 10.0. The van der Waals surface area contributed by atoms with Crippen LogP contribution < -0.4 is 11.1 Å². The summed E-state index contributed by atoms with van der Waals surface area (Å²) in [5, 5.41) is 5.19. The van der Waals surface area contributed by atoms with Crippen LogP contribution in [0.3, 0.4) is 0 Å². The Kier molecular flexibility index (Phi) is 6.18. The van der Waals surface area contributed by atoms with Gasteiger partial charge in [-0.3, -0.25) is 14.5 Å². The van der Waals surface area contributed by atoms with E-state index in [0.717, 1.165) is 72.8 Å². The van der Waals surface area contributed by atoms with Crippen LogP contribution in [-0.4, -0.2) is 46.3 Å². The Hall–Kier alpha value is -3.84. The van der Waals surface area contributed by atoms with Crippen molar-refractivity contribution >= 4 is 33.6 Å². The van der Waals surface area contributed by atoms with Gasteiger partial charge in [-0.2, -0.15) is 0 Å². The zero-order valence-corrected chi connectivity index (χ0v) is 19.1. The van der Waals surface area contributed by atoms with E-state index >= 15 is 0 Å². The number of primary amides is 1. The smallest absolute Gasteiger partial charge is 0.255 e. The number of aromatic amines is 2. The Bertz CT molecular complexity index is 1380. The number of nitrogens with one attached hydrogen (secondary N) is 3. The lowest BCUT2D eigenvalue weighted by molar-refractivity contribution is 0.0960. The highest BCUT2D eigenvalue weighted by Crippen LogP contribution is 2.22. The summed E-state index contributed by atoms with van der Waals surface area (Å²) < 4.78 is 0. The quantitative estimate of drug-likeness (QED) is 0.301. The zero-order chi connectivity index (χ0) is 23.5. The number of aryl methyl sites for hydroxylation is 1. The SMILES string of the molecule is NC(=O)c1ccc2[nH]cc(CCCCN3CC=C(NC(=O)c4ccc5[nH]ccc5c4)CC3)c2c1. The molecule has 0 aliphatic carbocycles. The third-order valence-electron chi connectivity index (χ3n) is 6.61. The number of unbranched alkanes of at least 4 members (excludes halogenated alkanes) is 1. The molecule has 5 rings (SSSR count). The van der Waals surface area contributed by atoms with Crippen LogP contribution in [0, 0.1) is 0 Å². The van der Waals surface area contributed by atoms with Crippen LogP contribution in [0.5, 0.6) is 0 Å². The van der Waals surface area contributed by atoms with Gasteiger partial charge in [0.2, 0.25) is 5.91 Å². The van der Waals surface area contributed by atoms with Crippen molar-refractivity contribution < 1.29 is 9.59 Å². The summed E-state index contributed by atoms with van der Waals surface area (Å²) in [5.74, 6) is -0.453. The Morgan fingerprint density at radius 1 is 1.00 bits per heavy atom. The van der Waals surface area contributed by atoms with Gasteiger partial charge >= 0.3 is 0 Å². The second-order valence-electron chi connectivity index (χ2n) is 8.91. The van der Waals surface area contributed by atoms with Crippen molar-refractivity contribution in [2.24, 2.45) is 5.73 Å². The molecular formula is C27H29N5O2. The number of nitrogens with two attached hydrogens (primary N) is 1. The second kappa shape index (κ2) is 9.57. The van der Waals surface area contributed by atoms with E-state index in [9.17, 15) is 9.59 Å². The molecule has 3 heterocycles. The van der Waals surface area contributed by atoms with Crippen molar-refractivity contribution in [3.8, 4) is 0 Å². The molecule has 174 valence electrons. The van der Waals surface area contributed by atoms with Crippen LogP contribution in [0.2, 0.25) is 0 Å². The third kappa shape index (κ3) is 4.75. The number of hydrogen-bond acceptors (Lipinski definition) is 3. The Labute approximate surface area is 198 Å². The van der Waals surface area contributed by atoms with Crippen molar-refractivity contribution in [2.75, 3.05) is 19.6 Å². The first-order valence-electron chi connectivity index (χ1n) is 11.8. The summed E-state index contributed by atoms with van der Waals surface area (Å²) in [6, 6.07) is 13.2. The minimum Gasteiger partial charge on any atom is -0.366 e. The number of hydrogen-bond donors (Lipinski definition) is 4. The second-order valence-corrected chi connectivity index (χ2v) is 8.91. The molecule has 0 saturated heterocycles. The van der Waals surface area contributed by atoms with Crippen LogP contribution in [0.15, 0.2) is 66.6 Å². The Balaban J connectivity index is 1.09. The van der Waals surface area contributed by atoms with Gasteiger partial charge in [0, 0.05) is 70.5 Å². The third-order valence-corrected chi connectivity index (χ3v) is 6.61. The molecule has 2 aromatic carbocycles. The van der Waals surface area contributed by atoms with Gasteiger partial charge in [0.05, 0.1) is 0 Å². The first kappa shape index (κ1) is 22.0. The van der Waals surface area contributed by atoms with Gasteiger partial charge in [-0.25, -0.2) is 0 Å². The van der Waals surface area contributed by atoms with Gasteiger partial charge in [0.15, 0.2) is 0 Å². The molecule has 2 amide bonds. The molecule has 0 saturated carbocycles. The average molecular weight is 456 g/mol.